The van der Waals surface area contributed by atoms with Crippen LogP contribution in [0.3, 0.4) is 0 Å². The first kappa shape index (κ1) is 36.8. The number of aromatic nitrogens is 4. The largest absolute Gasteiger partial charge is 0.453 e. The van der Waals surface area contributed by atoms with Gasteiger partial charge in [-0.1, -0.05) is 58.6 Å². The van der Waals surface area contributed by atoms with E-state index in [9.17, 15) is 14.4 Å². The number of hydrogen-bond acceptors (Lipinski definition) is 6. The number of nitrogens with zero attached hydrogens (tertiary/aromatic N) is 4. The molecule has 0 bridgehead atoms. The number of fused-ring (bicyclic) bond motifs is 1. The molecule has 11 nitrogen and oxygen atoms in total. The lowest BCUT2D eigenvalue weighted by Crippen LogP contribution is -2.51. The van der Waals surface area contributed by atoms with E-state index in [1.807, 2.05) is 67.4 Å². The second-order valence-electron chi connectivity index (χ2n) is 17.3. The van der Waals surface area contributed by atoms with E-state index in [4.69, 9.17) is 14.7 Å². The van der Waals surface area contributed by atoms with E-state index in [-0.39, 0.29) is 41.1 Å². The molecule has 3 amide bonds. The van der Waals surface area contributed by atoms with E-state index in [0.717, 1.165) is 83.2 Å². The third-order valence-corrected chi connectivity index (χ3v) is 12.7. The number of alkyl carbamates (subject to hydrolysis) is 1. The maximum absolute atomic E-state index is 13.8. The minimum Gasteiger partial charge on any atom is -0.453 e. The first-order valence-electron chi connectivity index (χ1n) is 20.0. The Balaban J connectivity index is 0.958. The van der Waals surface area contributed by atoms with E-state index in [0.29, 0.717) is 18.4 Å². The molecule has 11 heteroatoms. The van der Waals surface area contributed by atoms with Crippen molar-refractivity contribution in [3.8, 4) is 23.1 Å². The van der Waals surface area contributed by atoms with Crippen molar-refractivity contribution in [2.45, 2.75) is 91.3 Å². The number of hydrogen-bond donors (Lipinski definition) is 3. The van der Waals surface area contributed by atoms with Gasteiger partial charge in [-0.15, -0.1) is 0 Å². The summed E-state index contributed by atoms with van der Waals surface area (Å²) >= 11 is 0. The topological polar surface area (TPSA) is 136 Å². The summed E-state index contributed by atoms with van der Waals surface area (Å²) < 4.78 is 4.81. The van der Waals surface area contributed by atoms with Crippen molar-refractivity contribution < 1.29 is 19.1 Å². The molecule has 1 spiro atoms. The van der Waals surface area contributed by atoms with Crippen molar-refractivity contribution in [2.24, 2.45) is 35.0 Å². The number of H-pyrrole nitrogens is 2. The van der Waals surface area contributed by atoms with Crippen LogP contribution in [0.15, 0.2) is 48.7 Å². The van der Waals surface area contributed by atoms with Crippen LogP contribution < -0.4 is 5.32 Å². The number of rotatable bonds is 9. The molecule has 2 saturated carbocycles. The zero-order valence-electron chi connectivity index (χ0n) is 32.8. The van der Waals surface area contributed by atoms with E-state index in [1.165, 1.54) is 20.0 Å². The summed E-state index contributed by atoms with van der Waals surface area (Å²) in [6.07, 6.45) is 7.78. The molecule has 2 saturated heterocycles. The lowest BCUT2D eigenvalue weighted by molar-refractivity contribution is -0.137. The zero-order valence-corrected chi connectivity index (χ0v) is 32.8. The van der Waals surface area contributed by atoms with Crippen molar-refractivity contribution >= 4 is 28.9 Å². The van der Waals surface area contributed by atoms with Gasteiger partial charge in [-0.05, 0) is 104 Å². The number of benzene rings is 2. The molecule has 4 fully saturated rings. The number of nitrogens with one attached hydrogen (secondary N) is 3. The number of carbonyl (C=O) groups excluding carboxylic acids is 3. The predicted molar refractivity (Wildman–Crippen MR) is 210 cm³/mol. The molecule has 5 atom stereocenters. The summed E-state index contributed by atoms with van der Waals surface area (Å²) in [5.74, 6) is 9.87. The predicted octanol–water partition coefficient (Wildman–Crippen LogP) is 7.38. The van der Waals surface area contributed by atoms with Crippen molar-refractivity contribution in [1.82, 2.24) is 35.1 Å². The van der Waals surface area contributed by atoms with Gasteiger partial charge in [0.05, 0.1) is 42.1 Å². The normalized spacial score (nSPS) is 22.6. The SMILES string of the molecule is COC(=O)N[C@H](C(=O)N1CC2(CC2)C[C@H]1c1ncc(-c2ccc(C#Cc3ccc4nc([C@@H]5C[C@H](C6CC6)CN5C(=O)[C@@H](C)C(C)C)[nH]c4c3)cc2)[nH]1)C(C)C. The maximum Gasteiger partial charge on any atom is 0.407 e. The van der Waals surface area contributed by atoms with Gasteiger partial charge < -0.3 is 29.8 Å². The molecule has 0 unspecified atom stereocenters. The van der Waals surface area contributed by atoms with Gasteiger partial charge in [0, 0.05) is 30.1 Å². The molecule has 55 heavy (non-hydrogen) atoms. The molecule has 0 radical (unpaired) electrons. The van der Waals surface area contributed by atoms with Gasteiger partial charge in [0.1, 0.15) is 17.7 Å². The van der Waals surface area contributed by atoms with Crippen LogP contribution in [-0.2, 0) is 14.3 Å². The van der Waals surface area contributed by atoms with Gasteiger partial charge in [0.15, 0.2) is 0 Å². The molecule has 288 valence electrons. The van der Waals surface area contributed by atoms with Gasteiger partial charge in [-0.3, -0.25) is 9.59 Å². The number of amides is 3. The average molecular weight is 744 g/mol. The Morgan fingerprint density at radius 2 is 1.60 bits per heavy atom. The average Bonchev–Trinajstić information content (AvgIpc) is 3.90. The molecule has 2 aromatic carbocycles. The molecule has 4 aliphatic rings. The fourth-order valence-corrected chi connectivity index (χ4v) is 8.57. The van der Waals surface area contributed by atoms with E-state index < -0.39 is 12.1 Å². The summed E-state index contributed by atoms with van der Waals surface area (Å²) in [7, 11) is 1.31. The van der Waals surface area contributed by atoms with Gasteiger partial charge in [-0.25, -0.2) is 14.8 Å². The van der Waals surface area contributed by atoms with Crippen LogP contribution in [0.25, 0.3) is 22.3 Å². The van der Waals surface area contributed by atoms with Crippen LogP contribution in [-0.4, -0.2) is 73.9 Å². The third-order valence-electron chi connectivity index (χ3n) is 12.7. The number of imidazole rings is 2. The van der Waals surface area contributed by atoms with Gasteiger partial charge in [0.25, 0.3) is 0 Å². The molecule has 8 rings (SSSR count). The summed E-state index contributed by atoms with van der Waals surface area (Å²) in [4.78, 5) is 60.3. The van der Waals surface area contributed by atoms with Crippen LogP contribution in [0.5, 0.6) is 0 Å². The first-order valence-corrected chi connectivity index (χ1v) is 20.0. The smallest absolute Gasteiger partial charge is 0.407 e. The Kier molecular flexibility index (Phi) is 9.72. The summed E-state index contributed by atoms with van der Waals surface area (Å²) in [6, 6.07) is 13.3. The highest BCUT2D eigenvalue weighted by molar-refractivity contribution is 5.86. The fraction of sp³-hybridized carbons (Fsp3) is 0.523. The highest BCUT2D eigenvalue weighted by atomic mass is 16.5. The number of carbonyl (C=O) groups is 3. The number of ether oxygens (including phenoxy) is 1. The van der Waals surface area contributed by atoms with Crippen molar-refractivity contribution in [2.75, 3.05) is 20.2 Å². The number of likely N-dealkylation sites (tertiary alicyclic amines) is 2. The summed E-state index contributed by atoms with van der Waals surface area (Å²) in [6.45, 7) is 11.6. The Labute approximate surface area is 323 Å². The minimum absolute atomic E-state index is 0.0189. The molecular formula is C44H53N7O4. The lowest BCUT2D eigenvalue weighted by Gasteiger charge is -2.30. The molecule has 3 N–H and O–H groups in total. The van der Waals surface area contributed by atoms with Crippen LogP contribution >= 0.6 is 0 Å². The zero-order chi connectivity index (χ0) is 38.6. The second-order valence-corrected chi connectivity index (χ2v) is 17.3. The van der Waals surface area contributed by atoms with E-state index in [2.05, 4.69) is 52.8 Å². The van der Waals surface area contributed by atoms with Crippen LogP contribution in [0, 0.1) is 46.8 Å². The lowest BCUT2D eigenvalue weighted by atomic mass is 9.96. The van der Waals surface area contributed by atoms with E-state index in [1.54, 1.807) is 0 Å². The fourth-order valence-electron chi connectivity index (χ4n) is 8.57. The molecular weight excluding hydrogens is 691 g/mol. The Morgan fingerprint density at radius 3 is 2.27 bits per heavy atom. The van der Waals surface area contributed by atoms with Crippen LogP contribution in [0.2, 0.25) is 0 Å². The molecule has 2 aromatic heterocycles. The van der Waals surface area contributed by atoms with Crippen molar-refractivity contribution in [3.05, 3.63) is 71.4 Å². The highest BCUT2D eigenvalue weighted by Crippen LogP contribution is 2.58. The Hall–Kier alpha value is -5.11. The van der Waals surface area contributed by atoms with Crippen LogP contribution in [0.1, 0.15) is 108 Å². The summed E-state index contributed by atoms with van der Waals surface area (Å²) in [5.41, 5.74) is 5.58. The highest BCUT2D eigenvalue weighted by Gasteiger charge is 2.55. The minimum atomic E-state index is -0.677. The Bertz CT molecular complexity index is 2150. The summed E-state index contributed by atoms with van der Waals surface area (Å²) in [5, 5.41) is 2.75. The molecule has 2 aliphatic heterocycles. The number of methoxy groups -OCH3 is 1. The van der Waals surface area contributed by atoms with Crippen molar-refractivity contribution in [1.29, 1.82) is 0 Å². The van der Waals surface area contributed by atoms with Crippen molar-refractivity contribution in [3.63, 3.8) is 0 Å². The maximum atomic E-state index is 13.8. The molecule has 2 aliphatic carbocycles. The van der Waals surface area contributed by atoms with E-state index >= 15 is 0 Å². The quantitative estimate of drug-likeness (QED) is 0.153. The van der Waals surface area contributed by atoms with Crippen LogP contribution in [0.4, 0.5) is 4.79 Å². The Morgan fingerprint density at radius 1 is 0.873 bits per heavy atom. The third kappa shape index (κ3) is 7.48. The monoisotopic (exact) mass is 743 g/mol. The van der Waals surface area contributed by atoms with Gasteiger partial charge in [0.2, 0.25) is 11.8 Å². The standard InChI is InChI=1S/C44H53N7O4/c1-25(2)27(5)41(52)50-23-32(30-14-15-30)20-36(50)40-46-33-16-11-29(19-34(33)47-40)8-7-28-9-12-31(13-10-28)35-22-45-39(48-35)37-21-44(17-18-44)24-51(37)42(53)38(26(3)4)49-43(54)55-6/h9-13,16,19,22,25-27,30,32,36-38H,14-15,17-18,20-21,23-24H2,1-6H3,(H,45,48)(H,46,47)(H,49,54)/t27-,32-,36-,37-,38-/m0/s1. The van der Waals surface area contributed by atoms with Gasteiger partial charge in [-0.2, -0.15) is 0 Å². The molecule has 4 heterocycles. The number of aromatic amines is 2. The second kappa shape index (κ2) is 14.5. The first-order chi connectivity index (χ1) is 26.4. The molecule has 4 aromatic rings. The van der Waals surface area contributed by atoms with Gasteiger partial charge >= 0.3 is 6.09 Å².